The normalized spacial score (nSPS) is 9.67. The topological polar surface area (TPSA) is 224 Å². The van der Waals surface area contributed by atoms with Gasteiger partial charge in [-0.15, -0.1) is 0 Å². The monoisotopic (exact) mass is 436 g/mol. The van der Waals surface area contributed by atoms with Gasteiger partial charge in [-0.25, -0.2) is 0 Å². The Morgan fingerprint density at radius 1 is 0.444 bits per heavy atom. The van der Waals surface area contributed by atoms with Gasteiger partial charge in [-0.05, 0) is 0 Å². The summed E-state index contributed by atoms with van der Waals surface area (Å²) in [7, 11) is -14.0. The van der Waals surface area contributed by atoms with E-state index in [1.165, 1.54) is 0 Å². The molecular weight excluding hydrogens is 427 g/mol. The van der Waals surface area contributed by atoms with Crippen molar-refractivity contribution in [3.05, 3.63) is 0 Å². The Morgan fingerprint density at radius 3 is 0.444 bits per heavy atom. The molecule has 0 aromatic rings. The Morgan fingerprint density at radius 2 is 0.444 bits per heavy atom. The van der Waals surface area contributed by atoms with Crippen molar-refractivity contribution < 1.29 is 86.7 Å². The van der Waals surface area contributed by atoms with Crippen molar-refractivity contribution >= 4 is 48.6 Å². The van der Waals surface area contributed by atoms with E-state index in [9.17, 15) is 0 Å². The molecule has 0 aliphatic rings. The molecule has 0 heterocycles. The first-order valence-corrected chi connectivity index (χ1v) is 6.29. The maximum Gasteiger partial charge on any atom is 0.394 e. The van der Waals surface area contributed by atoms with E-state index < -0.39 is 31.2 Å². The van der Waals surface area contributed by atoms with Crippen LogP contribution in [0.15, 0.2) is 0 Å². The van der Waals surface area contributed by atoms with E-state index in [0.29, 0.717) is 0 Å². The molecular formula is H9AlFe2O12S3. The number of rotatable bonds is 0. The minimum absolute atomic E-state index is 0. The molecule has 0 fully saturated rings. The fraction of sp³-hybridized carbons (Fsp3) is 0. The zero-order chi connectivity index (χ0) is 13.5. The van der Waals surface area contributed by atoms with Gasteiger partial charge in [0.05, 0.1) is 0 Å². The van der Waals surface area contributed by atoms with Crippen LogP contribution in [-0.4, -0.2) is 69.9 Å². The Labute approximate surface area is 134 Å². The van der Waals surface area contributed by atoms with Gasteiger partial charge >= 0.3 is 31.2 Å². The van der Waals surface area contributed by atoms with Gasteiger partial charge in [-0.1, -0.05) is 0 Å². The molecule has 0 saturated carbocycles. The Kier molecular flexibility index (Phi) is 29.6. The predicted molar refractivity (Wildman–Crippen MR) is 52.5 cm³/mol. The van der Waals surface area contributed by atoms with Crippen LogP contribution < -0.4 is 0 Å². The van der Waals surface area contributed by atoms with Crippen molar-refractivity contribution in [2.75, 3.05) is 0 Å². The average Bonchev–Trinajstić information content (AvgIpc) is 1.41. The van der Waals surface area contributed by atoms with Gasteiger partial charge in [-0.2, -0.15) is 25.3 Å². The van der Waals surface area contributed by atoms with E-state index in [2.05, 4.69) is 0 Å². The number of hydrogen-bond acceptors (Lipinski definition) is 6. The predicted octanol–water partition coefficient (Wildman–Crippen LogP) is -3.15. The van der Waals surface area contributed by atoms with Crippen molar-refractivity contribution in [2.45, 2.75) is 0 Å². The third-order valence-electron chi connectivity index (χ3n) is 0. The SMILES string of the molecule is O=S(=O)(O)O.O=S(=O)(O)O.O=S(=O)(O)O.[AlH3].[Fe].[Fe]. The van der Waals surface area contributed by atoms with Gasteiger partial charge in [0.25, 0.3) is 0 Å². The molecule has 0 aromatic carbocycles. The molecule has 12 nitrogen and oxygen atoms in total. The fourth-order valence-electron chi connectivity index (χ4n) is 0. The third kappa shape index (κ3) is 3220. The Hall–Kier alpha value is 1.18. The summed E-state index contributed by atoms with van der Waals surface area (Å²) < 4.78 is 94.8. The summed E-state index contributed by atoms with van der Waals surface area (Å²) in [6.07, 6.45) is 0. The smallest absolute Gasteiger partial charge is 0.264 e. The van der Waals surface area contributed by atoms with Gasteiger partial charge in [0.1, 0.15) is 0 Å². The number of hydrogen-bond donors (Lipinski definition) is 6. The van der Waals surface area contributed by atoms with Crippen LogP contribution in [0.1, 0.15) is 0 Å². The maximum absolute atomic E-state index is 8.74. The Bertz CT molecular complexity index is 346. The molecule has 0 rings (SSSR count). The van der Waals surface area contributed by atoms with Crippen LogP contribution in [0.25, 0.3) is 0 Å². The second-order valence-electron chi connectivity index (χ2n) is 1.34. The molecule has 0 radical (unpaired) electrons. The molecule has 0 spiro atoms. The Balaban J connectivity index is -0.0000000277. The molecule has 0 aliphatic heterocycles. The van der Waals surface area contributed by atoms with E-state index in [1.807, 2.05) is 0 Å². The van der Waals surface area contributed by atoms with E-state index in [1.54, 1.807) is 0 Å². The maximum atomic E-state index is 8.74. The van der Waals surface area contributed by atoms with Crippen molar-refractivity contribution in [1.82, 2.24) is 0 Å². The van der Waals surface area contributed by atoms with Crippen LogP contribution in [0.5, 0.6) is 0 Å². The fourth-order valence-corrected chi connectivity index (χ4v) is 0. The quantitative estimate of drug-likeness (QED) is 0.164. The summed E-state index contributed by atoms with van der Waals surface area (Å²) in [4.78, 5) is 0. The summed E-state index contributed by atoms with van der Waals surface area (Å²) in [6.45, 7) is 0. The van der Waals surface area contributed by atoms with Crippen LogP contribution in [-0.2, 0) is 65.3 Å². The molecule has 0 aliphatic carbocycles. The second kappa shape index (κ2) is 14.6. The zero-order valence-corrected chi connectivity index (χ0v) is 11.7. The van der Waals surface area contributed by atoms with E-state index >= 15 is 0 Å². The van der Waals surface area contributed by atoms with E-state index in [0.717, 1.165) is 0 Å². The van der Waals surface area contributed by atoms with Crippen molar-refractivity contribution in [3.8, 4) is 0 Å². The van der Waals surface area contributed by atoms with Gasteiger partial charge < -0.3 is 0 Å². The largest absolute Gasteiger partial charge is 0.394 e. The molecule has 6 N–H and O–H groups in total. The summed E-state index contributed by atoms with van der Waals surface area (Å²) in [5.41, 5.74) is 0. The van der Waals surface area contributed by atoms with Crippen molar-refractivity contribution in [1.29, 1.82) is 0 Å². The summed E-state index contributed by atoms with van der Waals surface area (Å²) in [6, 6.07) is 0. The van der Waals surface area contributed by atoms with Crippen molar-refractivity contribution in [2.24, 2.45) is 0 Å². The van der Waals surface area contributed by atoms with Crippen LogP contribution in [0, 0.1) is 0 Å². The molecule has 0 aromatic heterocycles. The van der Waals surface area contributed by atoms with E-state index in [4.69, 9.17) is 52.6 Å². The minimum Gasteiger partial charge on any atom is -0.264 e. The van der Waals surface area contributed by atoms with Crippen molar-refractivity contribution in [3.63, 3.8) is 0 Å². The van der Waals surface area contributed by atoms with Crippen LogP contribution in [0.3, 0.4) is 0 Å². The third-order valence-corrected chi connectivity index (χ3v) is 0. The standard InChI is InChI=1S/Al.2Fe.3H2O4S.3H/c;;;3*1-5(2,3)4;;;/h;;;3*(H2,1,2,3,4);;;. The van der Waals surface area contributed by atoms with E-state index in [-0.39, 0.29) is 51.5 Å². The first-order valence-electron chi connectivity index (χ1n) is 2.10. The molecule has 0 bridgehead atoms. The van der Waals surface area contributed by atoms with Crippen LogP contribution in [0.4, 0.5) is 0 Å². The van der Waals surface area contributed by atoms with Crippen LogP contribution >= 0.6 is 0 Å². The van der Waals surface area contributed by atoms with Crippen LogP contribution in [0.2, 0.25) is 0 Å². The molecule has 18 heavy (non-hydrogen) atoms. The molecule has 0 atom stereocenters. The second-order valence-corrected chi connectivity index (χ2v) is 4.03. The molecule has 0 unspecified atom stereocenters. The minimum atomic E-state index is -4.67. The first kappa shape index (κ1) is 36.5. The molecule has 0 amide bonds. The summed E-state index contributed by atoms with van der Waals surface area (Å²) in [5.74, 6) is 0. The summed E-state index contributed by atoms with van der Waals surface area (Å²) in [5, 5.41) is 0. The van der Waals surface area contributed by atoms with Gasteiger partial charge in [0, 0.05) is 34.1 Å². The van der Waals surface area contributed by atoms with Gasteiger partial charge in [0.2, 0.25) is 0 Å². The molecule has 118 valence electrons. The average molecular weight is 436 g/mol. The zero-order valence-electron chi connectivity index (χ0n) is 7.06. The van der Waals surface area contributed by atoms with Gasteiger partial charge in [0.15, 0.2) is 17.4 Å². The molecule has 18 heteroatoms. The summed E-state index contributed by atoms with van der Waals surface area (Å²) >= 11 is 0. The molecule has 0 saturated heterocycles. The van der Waals surface area contributed by atoms with Gasteiger partial charge in [-0.3, -0.25) is 27.3 Å². The first-order chi connectivity index (χ1) is 6.00.